The van der Waals surface area contributed by atoms with Gasteiger partial charge in [0.25, 0.3) is 0 Å². The van der Waals surface area contributed by atoms with Crippen molar-refractivity contribution in [2.45, 2.75) is 69.7 Å². The van der Waals surface area contributed by atoms with Crippen molar-refractivity contribution in [3.63, 3.8) is 0 Å². The molecule has 0 bridgehead atoms. The summed E-state index contributed by atoms with van der Waals surface area (Å²) in [6, 6.07) is 10.1. The van der Waals surface area contributed by atoms with Gasteiger partial charge in [-0.25, -0.2) is 0 Å². The van der Waals surface area contributed by atoms with Gasteiger partial charge in [-0.3, -0.25) is 4.79 Å². The highest BCUT2D eigenvalue weighted by Crippen LogP contribution is 2.42. The number of hydrogen-bond donors (Lipinski definition) is 3. The molecule has 0 aromatic heterocycles. The summed E-state index contributed by atoms with van der Waals surface area (Å²) in [5, 5.41) is 29.7. The van der Waals surface area contributed by atoms with Gasteiger partial charge >= 0.3 is 5.97 Å². The Morgan fingerprint density at radius 2 is 2.03 bits per heavy atom. The molecule has 1 aliphatic carbocycles. The highest BCUT2D eigenvalue weighted by Gasteiger charge is 2.43. The summed E-state index contributed by atoms with van der Waals surface area (Å²) in [5.74, 6) is -0.0510. The van der Waals surface area contributed by atoms with Crippen molar-refractivity contribution >= 4 is 5.97 Å². The van der Waals surface area contributed by atoms with Gasteiger partial charge in [0.2, 0.25) is 0 Å². The van der Waals surface area contributed by atoms with Crippen molar-refractivity contribution < 1.29 is 24.9 Å². The van der Waals surface area contributed by atoms with Crippen LogP contribution in [-0.2, 0) is 16.0 Å². The minimum atomic E-state index is -0.740. The third-order valence-electron chi connectivity index (χ3n) is 6.47. The van der Waals surface area contributed by atoms with E-state index >= 15 is 0 Å². The second-order valence-corrected chi connectivity index (χ2v) is 8.62. The lowest BCUT2D eigenvalue weighted by Crippen LogP contribution is -2.21. The summed E-state index contributed by atoms with van der Waals surface area (Å²) in [4.78, 5) is 10.7. The number of carboxylic acid groups (broad SMARTS) is 1. The van der Waals surface area contributed by atoms with E-state index in [0.29, 0.717) is 31.8 Å². The zero-order valence-corrected chi connectivity index (χ0v) is 17.0. The Balaban J connectivity index is 1.49. The molecule has 1 aromatic carbocycles. The molecular weight excluding hydrogens is 368 g/mol. The number of carbonyl (C=O) groups is 1. The van der Waals surface area contributed by atoms with E-state index in [1.165, 1.54) is 5.56 Å². The Morgan fingerprint density at radius 1 is 1.24 bits per heavy atom. The molecule has 0 spiro atoms. The Hall–Kier alpha value is -1.69. The van der Waals surface area contributed by atoms with Crippen LogP contribution in [-0.4, -0.2) is 46.2 Å². The van der Waals surface area contributed by atoms with Crippen LogP contribution in [0.2, 0.25) is 0 Å². The lowest BCUT2D eigenvalue weighted by atomic mass is 9.86. The quantitative estimate of drug-likeness (QED) is 0.550. The molecule has 2 fully saturated rings. The van der Waals surface area contributed by atoms with Crippen molar-refractivity contribution in [1.29, 1.82) is 0 Å². The van der Waals surface area contributed by atoms with Gasteiger partial charge in [-0.2, -0.15) is 0 Å². The van der Waals surface area contributed by atoms with Crippen LogP contribution in [0.5, 0.6) is 0 Å². The number of rotatable bonds is 9. The normalized spacial score (nSPS) is 30.8. The lowest BCUT2D eigenvalue weighted by molar-refractivity contribution is -0.137. The van der Waals surface area contributed by atoms with E-state index in [9.17, 15) is 15.0 Å². The van der Waals surface area contributed by atoms with Crippen LogP contribution < -0.4 is 0 Å². The molecule has 3 rings (SSSR count). The molecule has 0 amide bonds. The summed E-state index contributed by atoms with van der Waals surface area (Å²) < 4.78 is 6.11. The molecule has 29 heavy (non-hydrogen) atoms. The minimum absolute atomic E-state index is 0.0177. The van der Waals surface area contributed by atoms with Crippen LogP contribution in [0, 0.1) is 17.8 Å². The van der Waals surface area contributed by atoms with Gasteiger partial charge in [-0.05, 0) is 55.9 Å². The molecule has 1 aromatic rings. The highest BCUT2D eigenvalue weighted by molar-refractivity contribution is 5.66. The number of carboxylic acids is 1. The number of aliphatic carboxylic acids is 1. The number of fused-ring (bicyclic) bond motifs is 1. The van der Waals surface area contributed by atoms with Crippen molar-refractivity contribution in [3.05, 3.63) is 48.0 Å². The van der Waals surface area contributed by atoms with Crippen LogP contribution in [0.4, 0.5) is 0 Å². The van der Waals surface area contributed by atoms with Gasteiger partial charge in [0.05, 0.1) is 18.3 Å². The van der Waals surface area contributed by atoms with E-state index in [2.05, 4.69) is 12.1 Å². The monoisotopic (exact) mass is 402 g/mol. The van der Waals surface area contributed by atoms with Gasteiger partial charge < -0.3 is 20.1 Å². The molecule has 160 valence electrons. The first-order chi connectivity index (χ1) is 14.0. The Kier molecular flexibility index (Phi) is 8.28. The van der Waals surface area contributed by atoms with Crippen molar-refractivity contribution in [2.75, 3.05) is 6.61 Å². The van der Waals surface area contributed by atoms with Crippen LogP contribution >= 0.6 is 0 Å². The fraction of sp³-hybridized carbons (Fsp3) is 0.625. The van der Waals surface area contributed by atoms with Gasteiger partial charge in [-0.15, -0.1) is 0 Å². The first kappa shape index (κ1) is 22.0. The topological polar surface area (TPSA) is 87.0 Å². The highest BCUT2D eigenvalue weighted by atomic mass is 16.5. The number of aliphatic hydroxyl groups is 2. The van der Waals surface area contributed by atoms with Crippen molar-refractivity contribution in [1.82, 2.24) is 0 Å². The van der Waals surface area contributed by atoms with E-state index in [0.717, 1.165) is 25.7 Å². The molecule has 5 heteroatoms. The molecule has 1 aliphatic heterocycles. The fourth-order valence-electron chi connectivity index (χ4n) is 4.80. The van der Waals surface area contributed by atoms with Crippen molar-refractivity contribution in [3.8, 4) is 0 Å². The third kappa shape index (κ3) is 6.66. The summed E-state index contributed by atoms with van der Waals surface area (Å²) in [5.41, 5.74) is 1.21. The lowest BCUT2D eigenvalue weighted by Gasteiger charge is -2.21. The van der Waals surface area contributed by atoms with Gasteiger partial charge in [-0.1, -0.05) is 42.5 Å². The average molecular weight is 403 g/mol. The van der Waals surface area contributed by atoms with E-state index in [-0.39, 0.29) is 24.4 Å². The van der Waals surface area contributed by atoms with Crippen LogP contribution in [0.15, 0.2) is 42.5 Å². The molecular formula is C24H34O5. The molecule has 0 radical (unpaired) electrons. The predicted molar refractivity (Wildman–Crippen MR) is 111 cm³/mol. The Labute approximate surface area is 173 Å². The van der Waals surface area contributed by atoms with Gasteiger partial charge in [0, 0.05) is 25.4 Å². The maximum absolute atomic E-state index is 10.7. The standard InChI is InChI=1S/C24H34O5/c25-19(11-9-17-5-2-1-3-6-17)12-14-20-21-13-10-18(7-4-8-24(27)28)16-29-23(21)15-22(20)26/h1-3,5-6,12,14,18-23,25-26H,4,7-11,13,15-16H2,(H,27,28)/b14-12+/t18-,19+,20+,21+,22+,23-/m0/s1. The van der Waals surface area contributed by atoms with Gasteiger partial charge in [0.15, 0.2) is 0 Å². The maximum atomic E-state index is 10.7. The van der Waals surface area contributed by atoms with E-state index in [1.807, 2.05) is 30.4 Å². The second-order valence-electron chi connectivity index (χ2n) is 8.62. The summed E-state index contributed by atoms with van der Waals surface area (Å²) in [6.45, 7) is 0.656. The maximum Gasteiger partial charge on any atom is 0.303 e. The zero-order chi connectivity index (χ0) is 20.6. The predicted octanol–water partition coefficient (Wildman–Crippen LogP) is 3.58. The molecule has 6 atom stereocenters. The van der Waals surface area contributed by atoms with Crippen LogP contribution in [0.3, 0.4) is 0 Å². The smallest absolute Gasteiger partial charge is 0.303 e. The molecule has 1 saturated carbocycles. The molecule has 5 nitrogen and oxygen atoms in total. The largest absolute Gasteiger partial charge is 0.481 e. The average Bonchev–Trinajstić information content (AvgIpc) is 2.87. The van der Waals surface area contributed by atoms with E-state index in [4.69, 9.17) is 9.84 Å². The van der Waals surface area contributed by atoms with Crippen LogP contribution in [0.25, 0.3) is 0 Å². The molecule has 1 saturated heterocycles. The minimum Gasteiger partial charge on any atom is -0.481 e. The molecule has 1 heterocycles. The number of aliphatic hydroxyl groups excluding tert-OH is 2. The Morgan fingerprint density at radius 3 is 2.79 bits per heavy atom. The van der Waals surface area contributed by atoms with E-state index < -0.39 is 18.2 Å². The number of aryl methyl sites for hydroxylation is 1. The van der Waals surface area contributed by atoms with Crippen molar-refractivity contribution in [2.24, 2.45) is 17.8 Å². The van der Waals surface area contributed by atoms with Gasteiger partial charge in [0.1, 0.15) is 0 Å². The number of benzene rings is 1. The molecule has 2 aliphatic rings. The summed E-state index contributed by atoms with van der Waals surface area (Å²) >= 11 is 0. The summed E-state index contributed by atoms with van der Waals surface area (Å²) in [7, 11) is 0. The zero-order valence-electron chi connectivity index (χ0n) is 17.0. The third-order valence-corrected chi connectivity index (χ3v) is 6.47. The Bertz CT molecular complexity index is 658. The number of ether oxygens (including phenoxy) is 1. The SMILES string of the molecule is O=C(O)CCC[C@H]1CC[C@@H]2[C@@H](/C=C/[C@H](O)CCc3ccccc3)[C@H](O)C[C@@H]2OC1. The first-order valence-electron chi connectivity index (χ1n) is 10.9. The van der Waals surface area contributed by atoms with E-state index in [1.54, 1.807) is 0 Å². The number of hydrogen-bond acceptors (Lipinski definition) is 4. The second kappa shape index (κ2) is 10.9. The summed E-state index contributed by atoms with van der Waals surface area (Å²) in [6.07, 6.45) is 8.87. The molecule has 0 unspecified atom stereocenters. The first-order valence-corrected chi connectivity index (χ1v) is 10.9. The van der Waals surface area contributed by atoms with Crippen LogP contribution in [0.1, 0.15) is 50.5 Å². The fourth-order valence-corrected chi connectivity index (χ4v) is 4.80. The molecule has 3 N–H and O–H groups in total.